The second-order valence-electron chi connectivity index (χ2n) is 7.32. The number of amides is 2. The molecule has 0 radical (unpaired) electrons. The minimum atomic E-state index is -0.623. The van der Waals surface area contributed by atoms with Gasteiger partial charge in [-0.3, -0.25) is 9.59 Å². The third-order valence-corrected chi connectivity index (χ3v) is 5.83. The fourth-order valence-corrected chi connectivity index (χ4v) is 3.70. The van der Waals surface area contributed by atoms with E-state index in [0.717, 1.165) is 11.1 Å². The van der Waals surface area contributed by atoms with Crippen molar-refractivity contribution in [2.45, 2.75) is 39.3 Å². The highest BCUT2D eigenvalue weighted by atomic mass is 35.5. The van der Waals surface area contributed by atoms with Crippen LogP contribution in [-0.2, 0) is 22.6 Å². The fourth-order valence-electron chi connectivity index (χ4n) is 3.38. The number of likely N-dealkylation sites (N-methyl/N-ethyl adjacent to an activating group) is 1. The Labute approximate surface area is 192 Å². The molecule has 8 heteroatoms. The Balaban J connectivity index is 1.73. The fraction of sp³-hybridized carbons (Fsp3) is 0.391. The number of nitrogens with zero attached hydrogens (tertiary/aromatic N) is 1. The maximum Gasteiger partial charge on any atom is 0.242 e. The molecule has 0 unspecified atom stereocenters. The number of nitrogens with one attached hydrogen (secondary N) is 1. The van der Waals surface area contributed by atoms with E-state index >= 15 is 0 Å². The molecule has 3 rings (SSSR count). The summed E-state index contributed by atoms with van der Waals surface area (Å²) < 4.78 is 11.2. The van der Waals surface area contributed by atoms with E-state index in [1.165, 1.54) is 0 Å². The van der Waals surface area contributed by atoms with Crippen molar-refractivity contribution < 1.29 is 19.1 Å². The van der Waals surface area contributed by atoms with E-state index in [4.69, 9.17) is 32.7 Å². The van der Waals surface area contributed by atoms with Crippen molar-refractivity contribution in [1.82, 2.24) is 10.2 Å². The number of fused-ring (bicyclic) bond motifs is 1. The number of carbonyl (C=O) groups excluding carboxylic acids is 2. The minimum absolute atomic E-state index is 0.125. The summed E-state index contributed by atoms with van der Waals surface area (Å²) in [6, 6.07) is 10.3. The van der Waals surface area contributed by atoms with Crippen molar-refractivity contribution in [3.05, 3.63) is 57.6 Å². The molecule has 2 aromatic rings. The molecule has 1 aliphatic heterocycles. The van der Waals surface area contributed by atoms with Crippen molar-refractivity contribution in [3.63, 3.8) is 0 Å². The van der Waals surface area contributed by atoms with Crippen molar-refractivity contribution in [3.8, 4) is 11.5 Å². The van der Waals surface area contributed by atoms with Crippen molar-refractivity contribution in [2.24, 2.45) is 0 Å². The molecule has 31 heavy (non-hydrogen) atoms. The molecule has 0 aromatic heterocycles. The average molecular weight is 465 g/mol. The number of rotatable bonds is 8. The van der Waals surface area contributed by atoms with E-state index < -0.39 is 6.04 Å². The summed E-state index contributed by atoms with van der Waals surface area (Å²) in [7, 11) is 0. The van der Waals surface area contributed by atoms with Gasteiger partial charge < -0.3 is 19.7 Å². The predicted octanol–water partition coefficient (Wildman–Crippen LogP) is 4.25. The Morgan fingerprint density at radius 2 is 1.74 bits per heavy atom. The van der Waals surface area contributed by atoms with Crippen LogP contribution in [0.15, 0.2) is 36.4 Å². The standard InChI is InChI=1S/C23H26Cl2N2O4/c1-3-26-23(29)15(2)27(14-17-4-7-18(24)19(25)12-17)22(28)9-6-16-5-8-20-21(13-16)31-11-10-30-20/h4-5,7-8,12-13,15H,3,6,9-11,14H2,1-2H3,(H,26,29)/t15-/m0/s1. The van der Waals surface area contributed by atoms with Gasteiger partial charge in [0.25, 0.3) is 0 Å². The van der Waals surface area contributed by atoms with Crippen LogP contribution in [-0.4, -0.2) is 42.5 Å². The van der Waals surface area contributed by atoms with Gasteiger partial charge in [0.1, 0.15) is 19.3 Å². The largest absolute Gasteiger partial charge is 0.486 e. The first-order chi connectivity index (χ1) is 14.9. The highest BCUT2D eigenvalue weighted by molar-refractivity contribution is 6.42. The van der Waals surface area contributed by atoms with Gasteiger partial charge in [0, 0.05) is 19.5 Å². The number of ether oxygens (including phenoxy) is 2. The molecule has 0 aliphatic carbocycles. The molecular formula is C23H26Cl2N2O4. The van der Waals surface area contributed by atoms with Crippen molar-refractivity contribution >= 4 is 35.0 Å². The van der Waals surface area contributed by atoms with Crippen LogP contribution in [0.5, 0.6) is 11.5 Å². The van der Waals surface area contributed by atoms with Crippen LogP contribution in [0.3, 0.4) is 0 Å². The molecule has 6 nitrogen and oxygen atoms in total. The lowest BCUT2D eigenvalue weighted by Crippen LogP contribution is -2.47. The molecule has 1 N–H and O–H groups in total. The lowest BCUT2D eigenvalue weighted by Gasteiger charge is -2.29. The summed E-state index contributed by atoms with van der Waals surface area (Å²) in [5.74, 6) is 1.09. The molecule has 2 amide bonds. The van der Waals surface area contributed by atoms with Gasteiger partial charge in [-0.1, -0.05) is 35.3 Å². The lowest BCUT2D eigenvalue weighted by molar-refractivity contribution is -0.140. The number of benzene rings is 2. The van der Waals surface area contributed by atoms with Crippen LogP contribution < -0.4 is 14.8 Å². The molecule has 0 bridgehead atoms. The van der Waals surface area contributed by atoms with Crippen molar-refractivity contribution in [2.75, 3.05) is 19.8 Å². The molecular weight excluding hydrogens is 439 g/mol. The third kappa shape index (κ3) is 6.05. The van der Waals surface area contributed by atoms with Gasteiger partial charge in [0.05, 0.1) is 10.0 Å². The second kappa shape index (κ2) is 10.7. The Bertz CT molecular complexity index is 951. The average Bonchev–Trinajstić information content (AvgIpc) is 2.77. The summed E-state index contributed by atoms with van der Waals surface area (Å²) in [6.45, 7) is 5.37. The summed E-state index contributed by atoms with van der Waals surface area (Å²) in [5, 5.41) is 3.64. The zero-order chi connectivity index (χ0) is 22.4. The molecule has 1 heterocycles. The summed E-state index contributed by atoms with van der Waals surface area (Å²) in [5.41, 5.74) is 1.77. The van der Waals surface area contributed by atoms with Crippen LogP contribution >= 0.6 is 23.2 Å². The van der Waals surface area contributed by atoms with E-state index in [1.54, 1.807) is 30.0 Å². The zero-order valence-electron chi connectivity index (χ0n) is 17.6. The van der Waals surface area contributed by atoms with Gasteiger partial charge >= 0.3 is 0 Å². The van der Waals surface area contributed by atoms with E-state index in [-0.39, 0.29) is 24.8 Å². The van der Waals surface area contributed by atoms with Crippen LogP contribution in [0, 0.1) is 0 Å². The van der Waals surface area contributed by atoms with E-state index in [9.17, 15) is 9.59 Å². The number of aryl methyl sites for hydroxylation is 1. The Morgan fingerprint density at radius 3 is 2.45 bits per heavy atom. The zero-order valence-corrected chi connectivity index (χ0v) is 19.1. The van der Waals surface area contributed by atoms with Gasteiger partial charge in [0.2, 0.25) is 11.8 Å². The minimum Gasteiger partial charge on any atom is -0.486 e. The maximum absolute atomic E-state index is 13.1. The van der Waals surface area contributed by atoms with Gasteiger partial charge in [0.15, 0.2) is 11.5 Å². The molecule has 166 valence electrons. The van der Waals surface area contributed by atoms with E-state index in [0.29, 0.717) is 47.7 Å². The number of carbonyl (C=O) groups is 2. The maximum atomic E-state index is 13.1. The summed E-state index contributed by atoms with van der Waals surface area (Å²) in [4.78, 5) is 27.2. The highest BCUT2D eigenvalue weighted by Crippen LogP contribution is 2.31. The van der Waals surface area contributed by atoms with E-state index in [1.807, 2.05) is 25.1 Å². The first-order valence-electron chi connectivity index (χ1n) is 10.3. The molecule has 0 saturated carbocycles. The quantitative estimate of drug-likeness (QED) is 0.633. The Kier molecular flexibility index (Phi) is 8.04. The Hall–Kier alpha value is -2.44. The smallest absolute Gasteiger partial charge is 0.242 e. The van der Waals surface area contributed by atoms with Crippen LogP contribution in [0.4, 0.5) is 0 Å². The third-order valence-electron chi connectivity index (χ3n) is 5.09. The van der Waals surface area contributed by atoms with Gasteiger partial charge in [-0.15, -0.1) is 0 Å². The molecule has 0 saturated heterocycles. The first kappa shape index (κ1) is 23.2. The SMILES string of the molecule is CCNC(=O)[C@H](C)N(Cc1ccc(Cl)c(Cl)c1)C(=O)CCc1ccc2c(c1)OCCO2. The van der Waals surface area contributed by atoms with Gasteiger partial charge in [-0.25, -0.2) is 0 Å². The monoisotopic (exact) mass is 464 g/mol. The highest BCUT2D eigenvalue weighted by Gasteiger charge is 2.26. The van der Waals surface area contributed by atoms with Crippen LogP contribution in [0.1, 0.15) is 31.4 Å². The molecule has 2 aromatic carbocycles. The number of hydrogen-bond acceptors (Lipinski definition) is 4. The number of hydrogen-bond donors (Lipinski definition) is 1. The van der Waals surface area contributed by atoms with Crippen molar-refractivity contribution in [1.29, 1.82) is 0 Å². The number of halogens is 2. The van der Waals surface area contributed by atoms with Crippen LogP contribution in [0.2, 0.25) is 10.0 Å². The van der Waals surface area contributed by atoms with Gasteiger partial charge in [-0.05, 0) is 55.7 Å². The lowest BCUT2D eigenvalue weighted by atomic mass is 10.1. The summed E-state index contributed by atoms with van der Waals surface area (Å²) >= 11 is 12.1. The van der Waals surface area contributed by atoms with Gasteiger partial charge in [-0.2, -0.15) is 0 Å². The van der Waals surface area contributed by atoms with Crippen LogP contribution in [0.25, 0.3) is 0 Å². The molecule has 0 fully saturated rings. The Morgan fingerprint density at radius 1 is 1.03 bits per heavy atom. The topological polar surface area (TPSA) is 67.9 Å². The predicted molar refractivity (Wildman–Crippen MR) is 121 cm³/mol. The van der Waals surface area contributed by atoms with E-state index in [2.05, 4.69) is 5.32 Å². The summed E-state index contributed by atoms with van der Waals surface area (Å²) in [6.07, 6.45) is 0.778. The second-order valence-corrected chi connectivity index (χ2v) is 8.13. The normalized spacial score (nSPS) is 13.4. The molecule has 1 aliphatic rings. The molecule has 1 atom stereocenters. The molecule has 0 spiro atoms. The first-order valence-corrected chi connectivity index (χ1v) is 11.0.